The van der Waals surface area contributed by atoms with Crippen LogP contribution >= 0.6 is 0 Å². The molecular weight excluding hydrogens is 244 g/mol. The molecule has 1 N–H and O–H groups in total. The third-order valence-corrected chi connectivity index (χ3v) is 1.95. The van der Waals surface area contributed by atoms with Gasteiger partial charge < -0.3 is 4.74 Å². The summed E-state index contributed by atoms with van der Waals surface area (Å²) in [6, 6.07) is 5.93. The standard InChI is InChI=1S/C10H10N2O6/c13-7-17-10(14)11-18-6-5-8-1-3-9(4-2-8)12(15)16/h1-4,7H,5-6H2,(H,11,14). The maximum Gasteiger partial charge on any atom is 0.438 e. The van der Waals surface area contributed by atoms with Crippen LogP contribution in [-0.2, 0) is 20.8 Å². The molecule has 0 atom stereocenters. The van der Waals surface area contributed by atoms with Crippen molar-refractivity contribution in [3.05, 3.63) is 39.9 Å². The van der Waals surface area contributed by atoms with E-state index in [1.165, 1.54) is 12.1 Å². The second kappa shape index (κ2) is 6.97. The van der Waals surface area contributed by atoms with E-state index in [9.17, 15) is 19.7 Å². The molecule has 0 aliphatic rings. The molecule has 1 aromatic carbocycles. The molecule has 1 amide bonds. The van der Waals surface area contributed by atoms with Crippen molar-refractivity contribution >= 4 is 18.3 Å². The first-order valence-electron chi connectivity index (χ1n) is 4.89. The highest BCUT2D eigenvalue weighted by Gasteiger charge is 2.04. The molecule has 0 aliphatic heterocycles. The number of nitro benzene ring substituents is 1. The van der Waals surface area contributed by atoms with Gasteiger partial charge >= 0.3 is 12.6 Å². The number of hydrogen-bond donors (Lipinski definition) is 1. The van der Waals surface area contributed by atoms with E-state index < -0.39 is 11.0 Å². The molecule has 0 unspecified atom stereocenters. The monoisotopic (exact) mass is 254 g/mol. The number of carbonyl (C=O) groups excluding carboxylic acids is 2. The largest absolute Gasteiger partial charge is 0.438 e. The average Bonchev–Trinajstić information content (AvgIpc) is 2.35. The van der Waals surface area contributed by atoms with Crippen molar-refractivity contribution in [2.45, 2.75) is 6.42 Å². The molecule has 0 fully saturated rings. The Hall–Kier alpha value is -2.48. The highest BCUT2D eigenvalue weighted by atomic mass is 16.7. The van der Waals surface area contributed by atoms with Crippen LogP contribution < -0.4 is 5.48 Å². The number of benzene rings is 1. The van der Waals surface area contributed by atoms with E-state index in [2.05, 4.69) is 4.74 Å². The van der Waals surface area contributed by atoms with Crippen LogP contribution in [0, 0.1) is 10.1 Å². The maximum absolute atomic E-state index is 10.6. The van der Waals surface area contributed by atoms with Crippen molar-refractivity contribution in [1.29, 1.82) is 0 Å². The average molecular weight is 254 g/mol. The fourth-order valence-corrected chi connectivity index (χ4v) is 1.13. The van der Waals surface area contributed by atoms with Crippen LogP contribution in [0.3, 0.4) is 0 Å². The third kappa shape index (κ3) is 4.58. The van der Waals surface area contributed by atoms with Crippen molar-refractivity contribution in [3.63, 3.8) is 0 Å². The molecule has 0 saturated carbocycles. The van der Waals surface area contributed by atoms with Crippen LogP contribution in [0.4, 0.5) is 10.5 Å². The molecule has 0 bridgehead atoms. The van der Waals surface area contributed by atoms with Gasteiger partial charge in [-0.15, -0.1) is 0 Å². The van der Waals surface area contributed by atoms with Crippen molar-refractivity contribution < 1.29 is 24.1 Å². The lowest BCUT2D eigenvalue weighted by molar-refractivity contribution is -0.384. The number of amides is 1. The van der Waals surface area contributed by atoms with Gasteiger partial charge in [0.2, 0.25) is 0 Å². The van der Waals surface area contributed by atoms with E-state index in [-0.39, 0.29) is 18.8 Å². The predicted molar refractivity (Wildman–Crippen MR) is 58.4 cm³/mol. The van der Waals surface area contributed by atoms with E-state index in [1.54, 1.807) is 12.1 Å². The van der Waals surface area contributed by atoms with Crippen LogP contribution in [0.15, 0.2) is 24.3 Å². The highest BCUT2D eigenvalue weighted by Crippen LogP contribution is 2.12. The minimum atomic E-state index is -1.01. The Morgan fingerprint density at radius 2 is 2.06 bits per heavy atom. The Kier molecular flexibility index (Phi) is 5.26. The first-order chi connectivity index (χ1) is 8.63. The van der Waals surface area contributed by atoms with Crippen LogP contribution in [0.5, 0.6) is 0 Å². The predicted octanol–water partition coefficient (Wildman–Crippen LogP) is 0.951. The Bertz CT molecular complexity index is 430. The first kappa shape index (κ1) is 13.6. The van der Waals surface area contributed by atoms with Gasteiger partial charge in [-0.3, -0.25) is 19.7 Å². The van der Waals surface area contributed by atoms with E-state index in [0.717, 1.165) is 5.56 Å². The Morgan fingerprint density at radius 1 is 1.39 bits per heavy atom. The number of rotatable bonds is 6. The molecule has 96 valence electrons. The van der Waals surface area contributed by atoms with E-state index in [0.29, 0.717) is 6.42 Å². The number of hydroxylamine groups is 1. The molecule has 8 nitrogen and oxygen atoms in total. The lowest BCUT2D eigenvalue weighted by atomic mass is 10.1. The molecule has 0 saturated heterocycles. The number of nitro groups is 1. The van der Waals surface area contributed by atoms with Gasteiger partial charge in [0, 0.05) is 12.1 Å². The smallest absolute Gasteiger partial charge is 0.377 e. The number of nitrogens with one attached hydrogen (secondary N) is 1. The molecular formula is C10H10N2O6. The van der Waals surface area contributed by atoms with Crippen LogP contribution in [0.2, 0.25) is 0 Å². The lowest BCUT2D eigenvalue weighted by Crippen LogP contribution is -2.25. The number of hydrogen-bond acceptors (Lipinski definition) is 6. The Balaban J connectivity index is 2.29. The summed E-state index contributed by atoms with van der Waals surface area (Å²) >= 11 is 0. The van der Waals surface area contributed by atoms with Crippen LogP contribution in [0.25, 0.3) is 0 Å². The summed E-state index contributed by atoms with van der Waals surface area (Å²) < 4.78 is 3.91. The van der Waals surface area contributed by atoms with Gasteiger partial charge in [0.15, 0.2) is 0 Å². The summed E-state index contributed by atoms with van der Waals surface area (Å²) in [5.41, 5.74) is 2.70. The van der Waals surface area contributed by atoms with Gasteiger partial charge in [0.25, 0.3) is 5.69 Å². The normalized spacial score (nSPS) is 9.56. The summed E-state index contributed by atoms with van der Waals surface area (Å²) in [7, 11) is 0. The number of ether oxygens (including phenoxy) is 1. The molecule has 1 aromatic rings. The molecule has 0 spiro atoms. The molecule has 8 heteroatoms. The fraction of sp³-hybridized carbons (Fsp3) is 0.200. The number of carbonyl (C=O) groups is 2. The molecule has 1 rings (SSSR count). The third-order valence-electron chi connectivity index (χ3n) is 1.95. The van der Waals surface area contributed by atoms with Crippen LogP contribution in [-0.4, -0.2) is 24.1 Å². The summed E-state index contributed by atoms with van der Waals surface area (Å²) in [5, 5.41) is 10.4. The maximum atomic E-state index is 10.6. The van der Waals surface area contributed by atoms with Crippen LogP contribution in [0.1, 0.15) is 5.56 Å². The number of non-ortho nitro benzene ring substituents is 1. The Morgan fingerprint density at radius 3 is 2.61 bits per heavy atom. The lowest BCUT2D eigenvalue weighted by Gasteiger charge is -2.03. The summed E-state index contributed by atoms with van der Waals surface area (Å²) in [6.45, 7) is 0.126. The Labute approximate surface area is 102 Å². The SMILES string of the molecule is O=COC(=O)NOCCc1ccc([N+](=O)[O-])cc1. The highest BCUT2D eigenvalue weighted by molar-refractivity contribution is 5.73. The quantitative estimate of drug-likeness (QED) is 0.266. The van der Waals surface area contributed by atoms with Gasteiger partial charge in [-0.25, -0.2) is 4.79 Å². The molecule has 18 heavy (non-hydrogen) atoms. The summed E-state index contributed by atoms with van der Waals surface area (Å²) in [6.07, 6.45) is -0.562. The van der Waals surface area contributed by atoms with E-state index >= 15 is 0 Å². The van der Waals surface area contributed by atoms with Crippen molar-refractivity contribution in [2.75, 3.05) is 6.61 Å². The minimum absolute atomic E-state index is 0.00681. The number of nitrogens with zero attached hydrogens (tertiary/aromatic N) is 1. The van der Waals surface area contributed by atoms with Gasteiger partial charge in [0.1, 0.15) is 0 Å². The second-order valence-corrected chi connectivity index (χ2v) is 3.13. The zero-order valence-electron chi connectivity index (χ0n) is 9.20. The fourth-order valence-electron chi connectivity index (χ4n) is 1.13. The molecule has 0 aliphatic carbocycles. The molecule has 0 aromatic heterocycles. The van der Waals surface area contributed by atoms with E-state index in [1.807, 2.05) is 5.48 Å². The van der Waals surface area contributed by atoms with Gasteiger partial charge in [-0.1, -0.05) is 12.1 Å². The summed E-state index contributed by atoms with van der Waals surface area (Å²) in [5.74, 6) is 0. The summed E-state index contributed by atoms with van der Waals surface area (Å²) in [4.78, 5) is 35.0. The second-order valence-electron chi connectivity index (χ2n) is 3.13. The first-order valence-corrected chi connectivity index (χ1v) is 4.89. The zero-order chi connectivity index (χ0) is 13.4. The van der Waals surface area contributed by atoms with Gasteiger partial charge in [-0.2, -0.15) is 5.48 Å². The zero-order valence-corrected chi connectivity index (χ0v) is 9.20. The van der Waals surface area contributed by atoms with E-state index in [4.69, 9.17) is 4.84 Å². The van der Waals surface area contributed by atoms with Crippen molar-refractivity contribution in [3.8, 4) is 0 Å². The minimum Gasteiger partial charge on any atom is -0.377 e. The van der Waals surface area contributed by atoms with Gasteiger partial charge in [0.05, 0.1) is 11.5 Å². The molecule has 0 radical (unpaired) electrons. The van der Waals surface area contributed by atoms with Gasteiger partial charge in [-0.05, 0) is 12.0 Å². The van der Waals surface area contributed by atoms with Crippen molar-refractivity contribution in [2.24, 2.45) is 0 Å². The topological polar surface area (TPSA) is 108 Å². The van der Waals surface area contributed by atoms with Crippen molar-refractivity contribution in [1.82, 2.24) is 5.48 Å². The molecule has 0 heterocycles.